The third-order valence-electron chi connectivity index (χ3n) is 6.75. The van der Waals surface area contributed by atoms with E-state index in [1.165, 1.54) is 5.57 Å². The van der Waals surface area contributed by atoms with E-state index in [2.05, 4.69) is 17.4 Å². The van der Waals surface area contributed by atoms with E-state index < -0.39 is 17.5 Å². The van der Waals surface area contributed by atoms with Crippen LogP contribution in [0, 0.1) is 0 Å². The minimum absolute atomic E-state index is 0.236. The van der Waals surface area contributed by atoms with Crippen molar-refractivity contribution in [2.75, 3.05) is 19.6 Å². The molecule has 1 atom stereocenters. The van der Waals surface area contributed by atoms with Crippen molar-refractivity contribution in [1.82, 2.24) is 15.1 Å². The molecule has 2 heterocycles. The van der Waals surface area contributed by atoms with Crippen LogP contribution < -0.4 is 5.32 Å². The fourth-order valence-electron chi connectivity index (χ4n) is 4.86. The Morgan fingerprint density at radius 2 is 1.49 bits per heavy atom. The molecule has 4 amide bonds. The van der Waals surface area contributed by atoms with E-state index in [4.69, 9.17) is 0 Å². The van der Waals surface area contributed by atoms with Crippen molar-refractivity contribution in [3.8, 4) is 0 Å². The van der Waals surface area contributed by atoms with E-state index in [-0.39, 0.29) is 12.5 Å². The molecule has 0 radical (unpaired) electrons. The number of carbonyl (C=O) groups excluding carboxylic acids is 3. The van der Waals surface area contributed by atoms with Crippen LogP contribution in [-0.2, 0) is 21.5 Å². The molecule has 2 aliphatic heterocycles. The molecule has 2 aliphatic rings. The predicted molar refractivity (Wildman–Crippen MR) is 134 cm³/mol. The predicted octanol–water partition coefficient (Wildman–Crippen LogP) is 3.99. The summed E-state index contributed by atoms with van der Waals surface area (Å²) in [6.07, 6.45) is 3.09. The normalized spacial score (nSPS) is 19.9. The van der Waals surface area contributed by atoms with Gasteiger partial charge < -0.3 is 10.2 Å². The van der Waals surface area contributed by atoms with Crippen LogP contribution in [-0.4, -0.2) is 47.3 Å². The first-order valence-electron chi connectivity index (χ1n) is 11.8. The minimum Gasteiger partial charge on any atom is -0.337 e. The Bertz CT molecular complexity index is 1260. The highest BCUT2D eigenvalue weighted by molar-refractivity contribution is 6.09. The van der Waals surface area contributed by atoms with Crippen LogP contribution in [0.4, 0.5) is 4.79 Å². The molecular formula is C29H27N3O3. The second-order valence-corrected chi connectivity index (χ2v) is 8.94. The monoisotopic (exact) mass is 465 g/mol. The Morgan fingerprint density at radius 3 is 2.11 bits per heavy atom. The van der Waals surface area contributed by atoms with E-state index in [9.17, 15) is 14.4 Å². The zero-order chi connectivity index (χ0) is 24.3. The first kappa shape index (κ1) is 22.6. The standard InChI is InChI=1S/C29H27N3O3/c33-26(31-18-16-24(17-19-31)23-12-6-2-7-13-23)21-32-27(34)29(30-28(32)35,25-14-8-3-9-15-25)20-22-10-4-1-5-11-22/h1-16H,17-21H2,(H,30,35)/t29-/m0/s1. The van der Waals surface area contributed by atoms with Crippen molar-refractivity contribution in [2.24, 2.45) is 0 Å². The van der Waals surface area contributed by atoms with Crippen molar-refractivity contribution in [3.63, 3.8) is 0 Å². The molecule has 35 heavy (non-hydrogen) atoms. The van der Waals surface area contributed by atoms with Gasteiger partial charge in [0.05, 0.1) is 0 Å². The molecule has 0 saturated carbocycles. The smallest absolute Gasteiger partial charge is 0.325 e. The number of carbonyl (C=O) groups is 3. The molecule has 0 bridgehead atoms. The molecule has 0 spiro atoms. The van der Waals surface area contributed by atoms with Crippen LogP contribution in [0.15, 0.2) is 97.1 Å². The van der Waals surface area contributed by atoms with Crippen molar-refractivity contribution in [3.05, 3.63) is 114 Å². The lowest BCUT2D eigenvalue weighted by Gasteiger charge is -2.29. The van der Waals surface area contributed by atoms with Gasteiger partial charge in [-0.2, -0.15) is 0 Å². The van der Waals surface area contributed by atoms with E-state index >= 15 is 0 Å². The van der Waals surface area contributed by atoms with Crippen LogP contribution >= 0.6 is 0 Å². The van der Waals surface area contributed by atoms with Crippen LogP contribution in [0.1, 0.15) is 23.1 Å². The summed E-state index contributed by atoms with van der Waals surface area (Å²) in [4.78, 5) is 42.7. The zero-order valence-corrected chi connectivity index (χ0v) is 19.4. The number of imide groups is 1. The molecule has 1 saturated heterocycles. The molecule has 0 aromatic heterocycles. The number of urea groups is 1. The maximum Gasteiger partial charge on any atom is 0.325 e. The average Bonchev–Trinajstić information content (AvgIpc) is 3.15. The van der Waals surface area contributed by atoms with Gasteiger partial charge in [-0.05, 0) is 28.7 Å². The lowest BCUT2D eigenvalue weighted by atomic mass is 9.83. The number of hydrogen-bond acceptors (Lipinski definition) is 3. The first-order chi connectivity index (χ1) is 17.1. The number of nitrogens with one attached hydrogen (secondary N) is 1. The van der Waals surface area contributed by atoms with Crippen molar-refractivity contribution in [2.45, 2.75) is 18.4 Å². The number of benzene rings is 3. The first-order valence-corrected chi connectivity index (χ1v) is 11.8. The number of hydrogen-bond donors (Lipinski definition) is 1. The van der Waals surface area contributed by atoms with Gasteiger partial charge in [0, 0.05) is 19.5 Å². The third-order valence-corrected chi connectivity index (χ3v) is 6.75. The van der Waals surface area contributed by atoms with Gasteiger partial charge in [0.1, 0.15) is 6.54 Å². The Morgan fingerprint density at radius 1 is 0.857 bits per heavy atom. The molecule has 5 rings (SSSR count). The van der Waals surface area contributed by atoms with Gasteiger partial charge in [0.15, 0.2) is 5.54 Å². The maximum absolute atomic E-state index is 13.8. The second-order valence-electron chi connectivity index (χ2n) is 8.94. The van der Waals surface area contributed by atoms with E-state index in [1.807, 2.05) is 84.9 Å². The van der Waals surface area contributed by atoms with Crippen molar-refractivity contribution in [1.29, 1.82) is 0 Å². The zero-order valence-electron chi connectivity index (χ0n) is 19.4. The largest absolute Gasteiger partial charge is 0.337 e. The minimum atomic E-state index is -1.25. The van der Waals surface area contributed by atoms with Gasteiger partial charge in [-0.25, -0.2) is 4.79 Å². The van der Waals surface area contributed by atoms with Gasteiger partial charge >= 0.3 is 6.03 Å². The Hall–Kier alpha value is -4.19. The summed E-state index contributed by atoms with van der Waals surface area (Å²) in [7, 11) is 0. The molecule has 0 unspecified atom stereocenters. The number of rotatable bonds is 6. The summed E-state index contributed by atoms with van der Waals surface area (Å²) in [6, 6.07) is 28.4. The summed E-state index contributed by atoms with van der Waals surface area (Å²) in [5.41, 5.74) is 2.73. The van der Waals surface area contributed by atoms with Crippen molar-refractivity contribution >= 4 is 23.4 Å². The fraction of sp³-hybridized carbons (Fsp3) is 0.207. The van der Waals surface area contributed by atoms with Crippen molar-refractivity contribution < 1.29 is 14.4 Å². The van der Waals surface area contributed by atoms with Crippen LogP contribution in [0.2, 0.25) is 0 Å². The lowest BCUT2D eigenvalue weighted by Crippen LogP contribution is -2.47. The molecule has 6 heteroatoms. The van der Waals surface area contributed by atoms with Gasteiger partial charge in [-0.3, -0.25) is 14.5 Å². The highest BCUT2D eigenvalue weighted by atomic mass is 16.2. The fourth-order valence-corrected chi connectivity index (χ4v) is 4.86. The highest BCUT2D eigenvalue weighted by Crippen LogP contribution is 2.33. The Labute approximate surface area is 204 Å². The Balaban J connectivity index is 1.34. The van der Waals surface area contributed by atoms with Gasteiger partial charge in [0.25, 0.3) is 5.91 Å². The summed E-state index contributed by atoms with van der Waals surface area (Å²) < 4.78 is 0. The summed E-state index contributed by atoms with van der Waals surface area (Å²) in [5, 5.41) is 2.92. The topological polar surface area (TPSA) is 69.7 Å². The van der Waals surface area contributed by atoms with Gasteiger partial charge in [0.2, 0.25) is 5.91 Å². The quantitative estimate of drug-likeness (QED) is 0.560. The van der Waals surface area contributed by atoms with E-state index in [0.29, 0.717) is 25.1 Å². The molecule has 1 fully saturated rings. The molecule has 176 valence electrons. The van der Waals surface area contributed by atoms with Crippen LogP contribution in [0.25, 0.3) is 5.57 Å². The third kappa shape index (κ3) is 4.47. The average molecular weight is 466 g/mol. The second kappa shape index (κ2) is 9.58. The van der Waals surface area contributed by atoms with Gasteiger partial charge in [-0.15, -0.1) is 0 Å². The summed E-state index contributed by atoms with van der Waals surface area (Å²) in [5.74, 6) is -0.635. The highest BCUT2D eigenvalue weighted by Gasteiger charge is 2.53. The molecule has 3 aromatic rings. The van der Waals surface area contributed by atoms with Gasteiger partial charge in [-0.1, -0.05) is 97.1 Å². The molecule has 6 nitrogen and oxygen atoms in total. The molecule has 3 aromatic carbocycles. The number of amides is 4. The van der Waals surface area contributed by atoms with Crippen LogP contribution in [0.5, 0.6) is 0 Å². The van der Waals surface area contributed by atoms with E-state index in [1.54, 1.807) is 4.90 Å². The Kier molecular flexibility index (Phi) is 6.19. The maximum atomic E-state index is 13.8. The lowest BCUT2D eigenvalue weighted by molar-refractivity contribution is -0.139. The summed E-state index contributed by atoms with van der Waals surface area (Å²) in [6.45, 7) is 0.736. The number of nitrogens with zero attached hydrogens (tertiary/aromatic N) is 2. The van der Waals surface area contributed by atoms with Crippen LogP contribution in [0.3, 0.4) is 0 Å². The van der Waals surface area contributed by atoms with E-state index in [0.717, 1.165) is 22.4 Å². The molecule has 0 aliphatic carbocycles. The SMILES string of the molecule is O=C(CN1C(=O)N[C@@](Cc2ccccc2)(c2ccccc2)C1=O)N1CC=C(c2ccccc2)CC1. The molecule has 1 N–H and O–H groups in total. The summed E-state index contributed by atoms with van der Waals surface area (Å²) >= 11 is 0. The molecular weight excluding hydrogens is 438 g/mol.